The molecule has 0 atom stereocenters. The van der Waals surface area contributed by atoms with Crippen molar-refractivity contribution in [2.24, 2.45) is 0 Å². The van der Waals surface area contributed by atoms with E-state index in [1.54, 1.807) is 0 Å². The van der Waals surface area contributed by atoms with Crippen LogP contribution in [0.2, 0.25) is 0 Å². The van der Waals surface area contributed by atoms with Crippen LogP contribution >= 0.6 is 0 Å². The lowest BCUT2D eigenvalue weighted by Gasteiger charge is -2.05. The second-order valence-electron chi connectivity index (χ2n) is 4.95. The standard InChI is InChI=1S/C17H16N2O/c1-11-7-9-13(10-8-11)15-16(20-19-17(15)18)14-6-4-3-5-12(14)2/h3-10H,1-2H3,(H2,18,19). The monoisotopic (exact) mass is 264 g/mol. The molecule has 0 aliphatic carbocycles. The van der Waals surface area contributed by atoms with E-state index in [9.17, 15) is 0 Å². The van der Waals surface area contributed by atoms with Crippen molar-refractivity contribution in [2.45, 2.75) is 13.8 Å². The molecule has 0 saturated heterocycles. The zero-order valence-corrected chi connectivity index (χ0v) is 11.6. The van der Waals surface area contributed by atoms with Gasteiger partial charge in [-0.05, 0) is 25.0 Å². The average molecular weight is 264 g/mol. The van der Waals surface area contributed by atoms with Gasteiger partial charge in [0.25, 0.3) is 0 Å². The predicted molar refractivity (Wildman–Crippen MR) is 81.3 cm³/mol. The van der Waals surface area contributed by atoms with Gasteiger partial charge in [-0.15, -0.1) is 0 Å². The molecular weight excluding hydrogens is 248 g/mol. The summed E-state index contributed by atoms with van der Waals surface area (Å²) in [5.74, 6) is 1.15. The number of benzene rings is 2. The normalized spacial score (nSPS) is 10.7. The quantitative estimate of drug-likeness (QED) is 0.754. The summed E-state index contributed by atoms with van der Waals surface area (Å²) in [6.45, 7) is 4.11. The van der Waals surface area contributed by atoms with Gasteiger partial charge in [-0.2, -0.15) is 0 Å². The van der Waals surface area contributed by atoms with Crippen molar-refractivity contribution >= 4 is 5.82 Å². The Morgan fingerprint density at radius 2 is 1.65 bits per heavy atom. The van der Waals surface area contributed by atoms with Crippen molar-refractivity contribution in [1.82, 2.24) is 5.16 Å². The molecule has 20 heavy (non-hydrogen) atoms. The molecule has 3 heteroatoms. The maximum absolute atomic E-state index is 5.99. The summed E-state index contributed by atoms with van der Waals surface area (Å²) in [4.78, 5) is 0. The zero-order chi connectivity index (χ0) is 14.1. The number of hydrogen-bond acceptors (Lipinski definition) is 3. The van der Waals surface area contributed by atoms with Crippen LogP contribution in [0.4, 0.5) is 5.82 Å². The molecule has 2 aromatic carbocycles. The molecule has 0 bridgehead atoms. The SMILES string of the molecule is Cc1ccc(-c2c(N)noc2-c2ccccc2C)cc1. The third kappa shape index (κ3) is 2.07. The molecule has 0 unspecified atom stereocenters. The molecule has 0 fully saturated rings. The van der Waals surface area contributed by atoms with Gasteiger partial charge < -0.3 is 10.3 Å². The minimum atomic E-state index is 0.423. The van der Waals surface area contributed by atoms with Crippen LogP contribution in [0.1, 0.15) is 11.1 Å². The van der Waals surface area contributed by atoms with Gasteiger partial charge in [0.1, 0.15) is 0 Å². The summed E-state index contributed by atoms with van der Waals surface area (Å²) in [6, 6.07) is 16.3. The molecule has 0 aliphatic heterocycles. The highest BCUT2D eigenvalue weighted by Gasteiger charge is 2.18. The highest BCUT2D eigenvalue weighted by atomic mass is 16.5. The van der Waals surface area contributed by atoms with Crippen molar-refractivity contribution in [3.05, 3.63) is 59.7 Å². The van der Waals surface area contributed by atoms with Gasteiger partial charge in [-0.1, -0.05) is 59.3 Å². The maximum Gasteiger partial charge on any atom is 0.177 e. The Labute approximate surface area is 118 Å². The van der Waals surface area contributed by atoms with E-state index in [4.69, 9.17) is 10.3 Å². The van der Waals surface area contributed by atoms with Gasteiger partial charge in [-0.3, -0.25) is 0 Å². The largest absolute Gasteiger partial charge is 0.380 e. The minimum absolute atomic E-state index is 0.423. The first-order chi connectivity index (χ1) is 9.66. The van der Waals surface area contributed by atoms with Gasteiger partial charge in [0.2, 0.25) is 0 Å². The Bertz CT molecular complexity index is 742. The second kappa shape index (κ2) is 4.85. The number of aryl methyl sites for hydroxylation is 2. The van der Waals surface area contributed by atoms with Crippen LogP contribution in [-0.4, -0.2) is 5.16 Å². The predicted octanol–water partition coefficient (Wildman–Crippen LogP) is 4.21. The Morgan fingerprint density at radius 3 is 2.35 bits per heavy atom. The van der Waals surface area contributed by atoms with Crippen LogP contribution < -0.4 is 5.73 Å². The van der Waals surface area contributed by atoms with E-state index in [-0.39, 0.29) is 0 Å². The first-order valence-corrected chi connectivity index (χ1v) is 6.55. The fourth-order valence-corrected chi connectivity index (χ4v) is 2.31. The van der Waals surface area contributed by atoms with E-state index in [2.05, 4.69) is 24.2 Å². The molecule has 0 aliphatic rings. The Morgan fingerprint density at radius 1 is 0.950 bits per heavy atom. The summed E-state index contributed by atoms with van der Waals surface area (Å²) in [6.07, 6.45) is 0. The number of rotatable bonds is 2. The van der Waals surface area contributed by atoms with Crippen molar-refractivity contribution in [3.8, 4) is 22.5 Å². The third-order valence-electron chi connectivity index (χ3n) is 3.45. The van der Waals surface area contributed by atoms with E-state index in [0.29, 0.717) is 5.82 Å². The van der Waals surface area contributed by atoms with Crippen LogP contribution in [0.3, 0.4) is 0 Å². The molecule has 0 saturated carbocycles. The maximum atomic E-state index is 5.99. The number of anilines is 1. The highest BCUT2D eigenvalue weighted by Crippen LogP contribution is 2.37. The van der Waals surface area contributed by atoms with Crippen molar-refractivity contribution in [2.75, 3.05) is 5.73 Å². The van der Waals surface area contributed by atoms with Gasteiger partial charge in [0, 0.05) is 5.56 Å². The summed E-state index contributed by atoms with van der Waals surface area (Å²) in [5, 5.41) is 3.94. The number of nitrogens with two attached hydrogens (primary N) is 1. The second-order valence-corrected chi connectivity index (χ2v) is 4.95. The van der Waals surface area contributed by atoms with Crippen molar-refractivity contribution in [3.63, 3.8) is 0 Å². The number of nitrogen functional groups attached to an aromatic ring is 1. The van der Waals surface area contributed by atoms with E-state index >= 15 is 0 Å². The summed E-state index contributed by atoms with van der Waals surface area (Å²) < 4.78 is 5.47. The zero-order valence-electron chi connectivity index (χ0n) is 11.6. The van der Waals surface area contributed by atoms with E-state index in [1.807, 2.05) is 43.3 Å². The Balaban J connectivity index is 2.20. The molecule has 1 aromatic heterocycles. The van der Waals surface area contributed by atoms with Crippen LogP contribution in [0.15, 0.2) is 53.1 Å². The molecular formula is C17H16N2O. The minimum Gasteiger partial charge on any atom is -0.380 e. The lowest BCUT2D eigenvalue weighted by Crippen LogP contribution is -1.90. The molecule has 3 nitrogen and oxygen atoms in total. The number of nitrogens with zero attached hydrogens (tertiary/aromatic N) is 1. The topological polar surface area (TPSA) is 52.0 Å². The summed E-state index contributed by atoms with van der Waals surface area (Å²) in [7, 11) is 0. The third-order valence-corrected chi connectivity index (χ3v) is 3.45. The van der Waals surface area contributed by atoms with E-state index in [1.165, 1.54) is 5.56 Å². The molecule has 3 aromatic rings. The van der Waals surface area contributed by atoms with E-state index in [0.717, 1.165) is 28.0 Å². The highest BCUT2D eigenvalue weighted by molar-refractivity contribution is 5.87. The smallest absolute Gasteiger partial charge is 0.177 e. The lowest BCUT2D eigenvalue weighted by molar-refractivity contribution is 0.436. The van der Waals surface area contributed by atoms with Crippen LogP contribution in [0, 0.1) is 13.8 Å². The molecule has 0 radical (unpaired) electrons. The lowest BCUT2D eigenvalue weighted by atomic mass is 9.98. The Kier molecular flexibility index (Phi) is 3.03. The number of aromatic nitrogens is 1. The van der Waals surface area contributed by atoms with Gasteiger partial charge in [-0.25, -0.2) is 0 Å². The van der Waals surface area contributed by atoms with Crippen LogP contribution in [-0.2, 0) is 0 Å². The molecule has 1 heterocycles. The Hall–Kier alpha value is -2.55. The van der Waals surface area contributed by atoms with Crippen molar-refractivity contribution < 1.29 is 4.52 Å². The van der Waals surface area contributed by atoms with E-state index < -0.39 is 0 Å². The first-order valence-electron chi connectivity index (χ1n) is 6.55. The average Bonchev–Trinajstić information content (AvgIpc) is 2.82. The molecule has 100 valence electrons. The summed E-state index contributed by atoms with van der Waals surface area (Å²) in [5.41, 5.74) is 11.2. The molecule has 0 amide bonds. The van der Waals surface area contributed by atoms with Crippen LogP contribution in [0.25, 0.3) is 22.5 Å². The molecule has 2 N–H and O–H groups in total. The summed E-state index contributed by atoms with van der Waals surface area (Å²) >= 11 is 0. The fraction of sp³-hybridized carbons (Fsp3) is 0.118. The van der Waals surface area contributed by atoms with Crippen LogP contribution in [0.5, 0.6) is 0 Å². The molecule has 3 rings (SSSR count). The van der Waals surface area contributed by atoms with Gasteiger partial charge in [0.15, 0.2) is 11.6 Å². The fourth-order valence-electron chi connectivity index (χ4n) is 2.31. The molecule has 0 spiro atoms. The number of hydrogen-bond donors (Lipinski definition) is 1. The van der Waals surface area contributed by atoms with Crippen molar-refractivity contribution in [1.29, 1.82) is 0 Å². The first kappa shape index (κ1) is 12.5. The van der Waals surface area contributed by atoms with Gasteiger partial charge >= 0.3 is 0 Å². The van der Waals surface area contributed by atoms with Gasteiger partial charge in [0.05, 0.1) is 5.56 Å².